The molecule has 0 spiro atoms. The van der Waals surface area contributed by atoms with Crippen LogP contribution in [0.5, 0.6) is 0 Å². The Morgan fingerprint density at radius 3 is 2.63 bits per heavy atom. The number of esters is 1. The van der Waals surface area contributed by atoms with E-state index < -0.39 is 24.4 Å². The molecule has 1 aromatic heterocycles. The number of nitrogens with zero attached hydrogens (tertiary/aromatic N) is 3. The highest BCUT2D eigenvalue weighted by molar-refractivity contribution is 5.99. The molecule has 0 saturated carbocycles. The fourth-order valence-electron chi connectivity index (χ4n) is 3.61. The van der Waals surface area contributed by atoms with Crippen LogP contribution in [0.4, 0.5) is 5.69 Å². The molecule has 8 nitrogen and oxygen atoms in total. The molecule has 30 heavy (non-hydrogen) atoms. The van der Waals surface area contributed by atoms with Crippen molar-refractivity contribution >= 4 is 17.6 Å². The summed E-state index contributed by atoms with van der Waals surface area (Å²) >= 11 is 0. The van der Waals surface area contributed by atoms with E-state index in [2.05, 4.69) is 5.10 Å². The number of hydrogen-bond donors (Lipinski definition) is 0. The second-order valence-corrected chi connectivity index (χ2v) is 7.22. The zero-order chi connectivity index (χ0) is 21.3. The molecule has 0 unspecified atom stereocenters. The summed E-state index contributed by atoms with van der Waals surface area (Å²) in [6.07, 6.45) is -0.249. The number of fused-ring (bicyclic) bond motifs is 1. The van der Waals surface area contributed by atoms with Crippen molar-refractivity contribution in [3.05, 3.63) is 70.7 Å². The van der Waals surface area contributed by atoms with Crippen molar-refractivity contribution in [3.63, 3.8) is 0 Å². The summed E-state index contributed by atoms with van der Waals surface area (Å²) in [5, 5.41) is 4.03. The van der Waals surface area contributed by atoms with Gasteiger partial charge in [-0.25, -0.2) is 4.79 Å². The summed E-state index contributed by atoms with van der Waals surface area (Å²) in [6, 6.07) is 16.5. The first-order chi connectivity index (χ1) is 14.4. The summed E-state index contributed by atoms with van der Waals surface area (Å²) in [5.41, 5.74) is 2.53. The van der Waals surface area contributed by atoms with Crippen molar-refractivity contribution in [1.82, 2.24) is 9.78 Å². The fraction of sp³-hybridized carbons (Fsp3) is 0.273. The molecular formula is C22H21N3O5. The third kappa shape index (κ3) is 3.76. The summed E-state index contributed by atoms with van der Waals surface area (Å²) in [7, 11) is 0. The van der Waals surface area contributed by atoms with Crippen LogP contribution < -0.4 is 10.7 Å². The van der Waals surface area contributed by atoms with E-state index in [9.17, 15) is 14.4 Å². The smallest absolute Gasteiger partial charge is 0.437 e. The van der Waals surface area contributed by atoms with Crippen LogP contribution in [-0.2, 0) is 27.3 Å². The van der Waals surface area contributed by atoms with Crippen LogP contribution in [0.15, 0.2) is 63.8 Å². The Bertz CT molecular complexity index is 1130. The lowest BCUT2D eigenvalue weighted by molar-refractivity contribution is -0.154. The van der Waals surface area contributed by atoms with E-state index >= 15 is 0 Å². The maximum absolute atomic E-state index is 12.9. The molecule has 2 heterocycles. The summed E-state index contributed by atoms with van der Waals surface area (Å²) in [6.45, 7) is 3.03. The molecule has 0 N–H and O–H groups in total. The van der Waals surface area contributed by atoms with Gasteiger partial charge in [-0.1, -0.05) is 36.4 Å². The number of carbonyl (C=O) groups is 2. The average molecular weight is 407 g/mol. The lowest BCUT2D eigenvalue weighted by atomic mass is 10.1. The van der Waals surface area contributed by atoms with Crippen LogP contribution in [0.3, 0.4) is 0 Å². The summed E-state index contributed by atoms with van der Waals surface area (Å²) in [5.74, 6) is -1.71. The Kier molecular flexibility index (Phi) is 5.22. The van der Waals surface area contributed by atoms with Gasteiger partial charge in [0.2, 0.25) is 5.89 Å². The first-order valence-electron chi connectivity index (χ1n) is 9.68. The first kappa shape index (κ1) is 19.6. The van der Waals surface area contributed by atoms with E-state index in [1.54, 1.807) is 29.2 Å². The molecule has 0 saturated heterocycles. The topological polar surface area (TPSA) is 94.6 Å². The molecule has 1 amide bonds. The quantitative estimate of drug-likeness (QED) is 0.603. The van der Waals surface area contributed by atoms with E-state index in [1.807, 2.05) is 37.3 Å². The largest absolute Gasteiger partial charge is 0.451 e. The van der Waals surface area contributed by atoms with Gasteiger partial charge in [0.05, 0.1) is 0 Å². The third-order valence-corrected chi connectivity index (χ3v) is 5.01. The third-order valence-electron chi connectivity index (χ3n) is 5.01. The van der Waals surface area contributed by atoms with Gasteiger partial charge in [0.25, 0.3) is 5.91 Å². The molecule has 1 aliphatic rings. The van der Waals surface area contributed by atoms with Crippen LogP contribution in [0.2, 0.25) is 0 Å². The molecule has 8 heteroatoms. The molecule has 0 bridgehead atoms. The number of para-hydroxylation sites is 1. The van der Waals surface area contributed by atoms with Crippen LogP contribution in [0.25, 0.3) is 11.5 Å². The molecule has 4 rings (SSSR count). The minimum Gasteiger partial charge on any atom is -0.451 e. The van der Waals surface area contributed by atoms with Gasteiger partial charge in [0.15, 0.2) is 6.10 Å². The lowest BCUT2D eigenvalue weighted by Gasteiger charge is -2.25. The van der Waals surface area contributed by atoms with Crippen LogP contribution in [0.1, 0.15) is 19.4 Å². The SMILES string of the molecule is C[C@H](OC(=O)Cn1nc(-c2ccccc2)oc1=O)C(=O)N1c2ccccc2C[C@H]1C. The van der Waals surface area contributed by atoms with Crippen molar-refractivity contribution < 1.29 is 18.7 Å². The molecule has 0 aliphatic carbocycles. The fourth-order valence-corrected chi connectivity index (χ4v) is 3.61. The van der Waals surface area contributed by atoms with Gasteiger partial charge >= 0.3 is 11.7 Å². The Labute approximate surface area is 172 Å². The van der Waals surface area contributed by atoms with Crippen molar-refractivity contribution in [2.24, 2.45) is 0 Å². The van der Waals surface area contributed by atoms with Crippen LogP contribution >= 0.6 is 0 Å². The Balaban J connectivity index is 1.43. The van der Waals surface area contributed by atoms with Gasteiger partial charge < -0.3 is 14.1 Å². The molecule has 1 aliphatic heterocycles. The van der Waals surface area contributed by atoms with Crippen LogP contribution in [0, 0.1) is 0 Å². The van der Waals surface area contributed by atoms with Gasteiger partial charge in [0.1, 0.15) is 6.54 Å². The monoisotopic (exact) mass is 407 g/mol. The highest BCUT2D eigenvalue weighted by Crippen LogP contribution is 2.32. The Morgan fingerprint density at radius 1 is 1.17 bits per heavy atom. The van der Waals surface area contributed by atoms with Crippen LogP contribution in [-0.4, -0.2) is 33.8 Å². The van der Waals surface area contributed by atoms with E-state index in [0.717, 1.165) is 22.4 Å². The number of benzene rings is 2. The molecule has 0 radical (unpaired) electrons. The summed E-state index contributed by atoms with van der Waals surface area (Å²) < 4.78 is 11.3. The highest BCUT2D eigenvalue weighted by atomic mass is 16.5. The van der Waals surface area contributed by atoms with Crippen molar-refractivity contribution in [2.45, 2.75) is 39.0 Å². The maximum atomic E-state index is 12.9. The van der Waals surface area contributed by atoms with E-state index in [1.165, 1.54) is 6.92 Å². The zero-order valence-electron chi connectivity index (χ0n) is 16.6. The van der Waals surface area contributed by atoms with Gasteiger partial charge in [0, 0.05) is 17.3 Å². The predicted molar refractivity (Wildman–Crippen MR) is 109 cm³/mol. The summed E-state index contributed by atoms with van der Waals surface area (Å²) in [4.78, 5) is 38.9. The number of rotatable bonds is 5. The highest BCUT2D eigenvalue weighted by Gasteiger charge is 2.34. The normalized spacial score (nSPS) is 16.2. The Morgan fingerprint density at radius 2 is 1.87 bits per heavy atom. The number of amides is 1. The van der Waals surface area contributed by atoms with Gasteiger partial charge in [-0.2, -0.15) is 4.68 Å². The van der Waals surface area contributed by atoms with E-state index in [-0.39, 0.29) is 17.8 Å². The number of ether oxygens (including phenoxy) is 1. The average Bonchev–Trinajstić information content (AvgIpc) is 3.27. The molecule has 154 valence electrons. The minimum absolute atomic E-state index is 0.0253. The van der Waals surface area contributed by atoms with E-state index in [4.69, 9.17) is 9.15 Å². The number of carbonyl (C=O) groups excluding carboxylic acids is 2. The van der Waals surface area contributed by atoms with Gasteiger partial charge in [-0.3, -0.25) is 9.59 Å². The van der Waals surface area contributed by atoms with E-state index in [0.29, 0.717) is 5.56 Å². The molecule has 2 atom stereocenters. The number of aromatic nitrogens is 2. The lowest BCUT2D eigenvalue weighted by Crippen LogP contribution is -2.43. The van der Waals surface area contributed by atoms with Crippen molar-refractivity contribution in [3.8, 4) is 11.5 Å². The minimum atomic E-state index is -0.998. The maximum Gasteiger partial charge on any atom is 0.437 e. The van der Waals surface area contributed by atoms with Gasteiger partial charge in [-0.15, -0.1) is 5.10 Å². The first-order valence-corrected chi connectivity index (χ1v) is 9.68. The Hall–Kier alpha value is -3.68. The second-order valence-electron chi connectivity index (χ2n) is 7.22. The molecule has 2 aromatic carbocycles. The van der Waals surface area contributed by atoms with Crippen molar-refractivity contribution in [1.29, 1.82) is 0 Å². The van der Waals surface area contributed by atoms with Crippen molar-refractivity contribution in [2.75, 3.05) is 4.90 Å². The second kappa shape index (κ2) is 7.98. The molecular weight excluding hydrogens is 386 g/mol. The zero-order valence-corrected chi connectivity index (χ0v) is 16.6. The molecule has 3 aromatic rings. The standard InChI is InChI=1S/C22H21N3O5/c1-14-12-17-10-6-7-11-18(17)25(14)21(27)15(2)29-19(26)13-24-22(28)30-20(23-24)16-8-4-3-5-9-16/h3-11,14-15H,12-13H2,1-2H3/t14-,15+/m1/s1. The van der Waals surface area contributed by atoms with Gasteiger partial charge in [-0.05, 0) is 44.0 Å². The predicted octanol–water partition coefficient (Wildman–Crippen LogP) is 2.41. The molecule has 0 fully saturated rings. The number of hydrogen-bond acceptors (Lipinski definition) is 6. The number of anilines is 1.